The maximum Gasteiger partial charge on any atom is 0.305 e. The molecule has 0 bridgehead atoms. The zero-order chi connectivity index (χ0) is 27.9. The number of nitrogens with one attached hydrogen (secondary N) is 1. The van der Waals surface area contributed by atoms with E-state index in [1.807, 2.05) is 41.8 Å². The van der Waals surface area contributed by atoms with Crippen LogP contribution in [0, 0.1) is 17.1 Å². The third kappa shape index (κ3) is 6.65. The van der Waals surface area contributed by atoms with Gasteiger partial charge in [0.2, 0.25) is 0 Å². The lowest BCUT2D eigenvalue weighted by Crippen LogP contribution is -2.26. The number of nitrogens with zero attached hydrogens (tertiary/aromatic N) is 1. The van der Waals surface area contributed by atoms with E-state index in [0.29, 0.717) is 16.1 Å². The number of aliphatic carboxylic acids is 1. The zero-order valence-electron chi connectivity index (χ0n) is 21.4. The van der Waals surface area contributed by atoms with Crippen LogP contribution in [0.3, 0.4) is 0 Å². The van der Waals surface area contributed by atoms with Crippen LogP contribution in [-0.2, 0) is 4.79 Å². The minimum absolute atomic E-state index is 0.00171. The predicted molar refractivity (Wildman–Crippen MR) is 153 cm³/mol. The second kappa shape index (κ2) is 12.9. The van der Waals surface area contributed by atoms with Gasteiger partial charge in [0.05, 0.1) is 16.7 Å². The fraction of sp³-hybridized carbons (Fsp3) is 0.258. The first-order valence-electron chi connectivity index (χ1n) is 12.8. The molecular formula is C31H28ClFN2O3S. The highest BCUT2D eigenvalue weighted by Gasteiger charge is 2.29. The number of rotatable bonds is 11. The molecule has 8 heteroatoms. The number of nitriles is 1. The smallest absolute Gasteiger partial charge is 0.305 e. The summed E-state index contributed by atoms with van der Waals surface area (Å²) in [6.45, 7) is 2.19. The Morgan fingerprint density at radius 2 is 1.79 bits per heavy atom. The van der Waals surface area contributed by atoms with Gasteiger partial charge >= 0.3 is 5.97 Å². The molecule has 2 N–H and O–H groups in total. The van der Waals surface area contributed by atoms with Gasteiger partial charge in [0.1, 0.15) is 11.9 Å². The summed E-state index contributed by atoms with van der Waals surface area (Å²) in [6.07, 6.45) is 2.66. The molecular weight excluding hydrogens is 535 g/mol. The Hall–Kier alpha value is -3.73. The van der Waals surface area contributed by atoms with Crippen molar-refractivity contribution in [1.82, 2.24) is 5.32 Å². The molecule has 0 radical (unpaired) electrons. The second-order valence-electron chi connectivity index (χ2n) is 9.43. The van der Waals surface area contributed by atoms with Gasteiger partial charge in [0.15, 0.2) is 0 Å². The Morgan fingerprint density at radius 3 is 2.44 bits per heavy atom. The molecule has 0 aliphatic carbocycles. The minimum atomic E-state index is -0.972. The normalized spacial score (nSPS) is 12.6. The summed E-state index contributed by atoms with van der Waals surface area (Å²) in [4.78, 5) is 23.3. The van der Waals surface area contributed by atoms with Gasteiger partial charge < -0.3 is 10.4 Å². The van der Waals surface area contributed by atoms with Crippen LogP contribution in [-0.4, -0.2) is 23.5 Å². The molecule has 4 rings (SSSR count). The fourth-order valence-electron chi connectivity index (χ4n) is 4.96. The van der Waals surface area contributed by atoms with Gasteiger partial charge in [0.25, 0.3) is 5.91 Å². The first-order valence-corrected chi connectivity index (χ1v) is 14.0. The number of carbonyl (C=O) groups excluding carboxylic acids is 1. The van der Waals surface area contributed by atoms with Gasteiger partial charge in [-0.2, -0.15) is 5.26 Å². The maximum atomic E-state index is 14.6. The molecule has 0 spiro atoms. The molecule has 200 valence electrons. The number of benzene rings is 3. The summed E-state index contributed by atoms with van der Waals surface area (Å²) in [5.41, 5.74) is 3.77. The van der Waals surface area contributed by atoms with Crippen LogP contribution in [0.4, 0.5) is 4.39 Å². The van der Waals surface area contributed by atoms with Crippen LogP contribution in [0.1, 0.15) is 77.1 Å². The number of amides is 1. The highest BCUT2D eigenvalue weighted by molar-refractivity contribution is 7.17. The van der Waals surface area contributed by atoms with Crippen LogP contribution >= 0.6 is 22.9 Å². The number of fused-ring (bicyclic) bond motifs is 1. The molecule has 0 saturated heterocycles. The topological polar surface area (TPSA) is 90.2 Å². The first-order chi connectivity index (χ1) is 18.8. The van der Waals surface area contributed by atoms with Crippen molar-refractivity contribution in [3.05, 3.63) is 105 Å². The molecule has 1 amide bonds. The third-order valence-corrected chi connectivity index (χ3v) is 8.15. The molecule has 3 aromatic carbocycles. The number of carboxylic acids is 1. The largest absolute Gasteiger partial charge is 0.481 e. The lowest BCUT2D eigenvalue weighted by Gasteiger charge is -2.29. The summed E-state index contributed by atoms with van der Waals surface area (Å²) in [5, 5.41) is 24.4. The number of hydrogen-bond donors (Lipinski definition) is 2. The Kier molecular flexibility index (Phi) is 9.34. The van der Waals surface area contributed by atoms with Gasteiger partial charge in [0, 0.05) is 28.4 Å². The molecule has 1 heterocycles. The van der Waals surface area contributed by atoms with Crippen molar-refractivity contribution in [2.75, 3.05) is 6.54 Å². The van der Waals surface area contributed by atoms with E-state index in [9.17, 15) is 19.2 Å². The Balaban J connectivity index is 1.79. The van der Waals surface area contributed by atoms with Gasteiger partial charge in [-0.25, -0.2) is 4.39 Å². The van der Waals surface area contributed by atoms with Gasteiger partial charge in [-0.1, -0.05) is 55.6 Å². The molecule has 0 fully saturated rings. The third-order valence-electron chi connectivity index (χ3n) is 6.85. The highest BCUT2D eigenvalue weighted by Crippen LogP contribution is 2.46. The number of hydrogen-bond acceptors (Lipinski definition) is 4. The Labute approximate surface area is 235 Å². The van der Waals surface area contributed by atoms with E-state index >= 15 is 0 Å². The van der Waals surface area contributed by atoms with Crippen molar-refractivity contribution in [1.29, 1.82) is 5.26 Å². The number of halogens is 2. The van der Waals surface area contributed by atoms with Crippen LogP contribution in [0.15, 0.2) is 66.0 Å². The van der Waals surface area contributed by atoms with E-state index in [1.165, 1.54) is 23.5 Å². The summed E-state index contributed by atoms with van der Waals surface area (Å²) in [5.74, 6) is -1.89. The SMILES string of the molecule is CCCC[C@H](c1ccc(C(=O)NCCC(=O)O)cc1)C(c1ccc(Cl)cc1)c1csc2c(C#N)cc(F)cc12. The molecule has 1 unspecified atom stereocenters. The maximum absolute atomic E-state index is 14.6. The lowest BCUT2D eigenvalue weighted by molar-refractivity contribution is -0.136. The van der Waals surface area contributed by atoms with E-state index in [2.05, 4.69) is 18.3 Å². The van der Waals surface area contributed by atoms with Crippen molar-refractivity contribution in [3.63, 3.8) is 0 Å². The van der Waals surface area contributed by atoms with E-state index in [0.717, 1.165) is 46.0 Å². The van der Waals surface area contributed by atoms with Gasteiger partial charge in [-0.15, -0.1) is 11.3 Å². The number of thiophene rings is 1. The van der Waals surface area contributed by atoms with Crippen molar-refractivity contribution in [2.45, 2.75) is 44.4 Å². The van der Waals surface area contributed by atoms with Crippen LogP contribution < -0.4 is 5.32 Å². The molecule has 0 aliphatic rings. The van der Waals surface area contributed by atoms with Crippen LogP contribution in [0.25, 0.3) is 10.1 Å². The second-order valence-corrected chi connectivity index (χ2v) is 10.7. The quantitative estimate of drug-likeness (QED) is 0.194. The van der Waals surface area contributed by atoms with E-state index in [4.69, 9.17) is 16.7 Å². The van der Waals surface area contributed by atoms with Gasteiger partial charge in [-0.3, -0.25) is 9.59 Å². The molecule has 0 saturated carbocycles. The molecule has 1 aromatic heterocycles. The average Bonchev–Trinajstić information content (AvgIpc) is 3.34. The Morgan fingerprint density at radius 1 is 1.10 bits per heavy atom. The summed E-state index contributed by atoms with van der Waals surface area (Å²) in [6, 6.07) is 20.0. The van der Waals surface area contributed by atoms with E-state index < -0.39 is 11.8 Å². The van der Waals surface area contributed by atoms with Gasteiger partial charge in [-0.05, 0) is 70.8 Å². The number of carbonyl (C=O) groups is 2. The first kappa shape index (κ1) is 28.3. The molecule has 39 heavy (non-hydrogen) atoms. The standard InChI is InChI=1S/C31H28ClFN2O3S/c1-2-3-4-25(19-5-7-21(8-6-19)31(38)35-14-13-28(36)37)29(20-9-11-23(32)12-10-20)27-18-39-30-22(17-34)15-24(33)16-26(27)30/h5-12,15-16,18,25,29H,2-4,13-14H2,1H3,(H,35,38)(H,36,37)/t25-,29?/m1/s1. The predicted octanol–water partition coefficient (Wildman–Crippen LogP) is 7.88. The highest BCUT2D eigenvalue weighted by atomic mass is 35.5. The number of carboxylic acid groups (broad SMARTS) is 1. The lowest BCUT2D eigenvalue weighted by atomic mass is 9.74. The van der Waals surface area contributed by atoms with Crippen molar-refractivity contribution in [2.24, 2.45) is 0 Å². The zero-order valence-corrected chi connectivity index (χ0v) is 23.0. The van der Waals surface area contributed by atoms with Crippen molar-refractivity contribution in [3.8, 4) is 6.07 Å². The van der Waals surface area contributed by atoms with Crippen molar-refractivity contribution >= 4 is 44.9 Å². The van der Waals surface area contributed by atoms with Crippen LogP contribution in [0.5, 0.6) is 0 Å². The summed E-state index contributed by atoms with van der Waals surface area (Å²) >= 11 is 7.67. The molecule has 2 atom stereocenters. The summed E-state index contributed by atoms with van der Waals surface area (Å²) in [7, 11) is 0. The summed E-state index contributed by atoms with van der Waals surface area (Å²) < 4.78 is 15.4. The Bertz CT molecular complexity index is 1510. The van der Waals surface area contributed by atoms with Crippen molar-refractivity contribution < 1.29 is 19.1 Å². The van der Waals surface area contributed by atoms with E-state index in [-0.39, 0.29) is 30.7 Å². The fourth-order valence-corrected chi connectivity index (χ4v) is 6.14. The average molecular weight is 563 g/mol. The minimum Gasteiger partial charge on any atom is -0.481 e. The molecule has 5 nitrogen and oxygen atoms in total. The molecule has 4 aromatic rings. The number of unbranched alkanes of at least 4 members (excludes halogenated alkanes) is 1. The monoisotopic (exact) mass is 562 g/mol. The molecule has 0 aliphatic heterocycles. The van der Waals surface area contributed by atoms with Crippen LogP contribution in [0.2, 0.25) is 5.02 Å². The van der Waals surface area contributed by atoms with E-state index in [1.54, 1.807) is 12.1 Å².